The molecule has 2 aliphatic heterocycles. The van der Waals surface area contributed by atoms with Gasteiger partial charge in [-0.15, -0.1) is 0 Å². The van der Waals surface area contributed by atoms with Crippen LogP contribution in [0.4, 0.5) is 8.78 Å². The maximum absolute atomic E-state index is 13.2. The topological polar surface area (TPSA) is 61.6 Å². The van der Waals surface area contributed by atoms with Crippen molar-refractivity contribution in [1.29, 1.82) is 0 Å². The second-order valence-corrected chi connectivity index (χ2v) is 7.33. The molecule has 3 rings (SSSR count). The number of halogens is 2. The zero-order valence-corrected chi connectivity index (χ0v) is 14.4. The Morgan fingerprint density at radius 3 is 2.64 bits per heavy atom. The fraction of sp³-hybridized carbons (Fsp3) is 0.765. The number of hydrogen-bond donors (Lipinski definition) is 1. The minimum absolute atomic E-state index is 0.0428. The van der Waals surface area contributed by atoms with Crippen LogP contribution in [0.15, 0.2) is 18.7 Å². The van der Waals surface area contributed by atoms with E-state index < -0.39 is 11.5 Å². The van der Waals surface area contributed by atoms with Crippen molar-refractivity contribution in [3.63, 3.8) is 0 Å². The quantitative estimate of drug-likeness (QED) is 0.836. The van der Waals surface area contributed by atoms with Crippen LogP contribution in [0, 0.1) is 0 Å². The lowest BCUT2D eigenvalue weighted by Gasteiger charge is -2.36. The molecule has 0 unspecified atom stereocenters. The molecule has 0 bridgehead atoms. The Morgan fingerprint density at radius 1 is 1.20 bits per heavy atom. The van der Waals surface area contributed by atoms with Crippen LogP contribution in [0.25, 0.3) is 0 Å². The van der Waals surface area contributed by atoms with E-state index in [2.05, 4.69) is 4.98 Å². The summed E-state index contributed by atoms with van der Waals surface area (Å²) in [6.07, 6.45) is 6.66. The number of rotatable bonds is 6. The van der Waals surface area contributed by atoms with E-state index in [-0.39, 0.29) is 18.7 Å². The maximum atomic E-state index is 13.2. The summed E-state index contributed by atoms with van der Waals surface area (Å²) in [7, 11) is 0. The average molecular weight is 356 g/mol. The molecule has 0 saturated carbocycles. The van der Waals surface area contributed by atoms with Crippen molar-refractivity contribution in [2.45, 2.75) is 50.2 Å². The largest absolute Gasteiger partial charge is 0.387 e. The summed E-state index contributed by atoms with van der Waals surface area (Å²) >= 11 is 0. The van der Waals surface area contributed by atoms with Gasteiger partial charge in [-0.3, -0.25) is 9.69 Å². The molecular formula is C17H26F2N4O2. The first-order valence-electron chi connectivity index (χ1n) is 8.91. The summed E-state index contributed by atoms with van der Waals surface area (Å²) in [5.41, 5.74) is -0.980. The van der Waals surface area contributed by atoms with Gasteiger partial charge >= 0.3 is 0 Å². The number of nitrogens with zero attached hydrogens (tertiary/aromatic N) is 4. The molecular weight excluding hydrogens is 330 g/mol. The van der Waals surface area contributed by atoms with Gasteiger partial charge in [0.15, 0.2) is 0 Å². The molecule has 1 atom stereocenters. The molecule has 3 heterocycles. The highest BCUT2D eigenvalue weighted by atomic mass is 19.3. The Kier molecular flexibility index (Phi) is 5.38. The molecule has 1 amide bonds. The second kappa shape index (κ2) is 7.37. The van der Waals surface area contributed by atoms with Gasteiger partial charge in [0.1, 0.15) is 0 Å². The van der Waals surface area contributed by atoms with E-state index in [1.54, 1.807) is 17.4 Å². The van der Waals surface area contributed by atoms with Crippen LogP contribution >= 0.6 is 0 Å². The number of carbonyl (C=O) groups is 1. The minimum atomic E-state index is -2.58. The number of amides is 1. The molecule has 2 aliphatic rings. The van der Waals surface area contributed by atoms with Crippen molar-refractivity contribution in [2.24, 2.45) is 0 Å². The molecule has 0 aromatic carbocycles. The molecule has 2 fully saturated rings. The second-order valence-electron chi connectivity index (χ2n) is 7.33. The number of piperidine rings is 1. The summed E-state index contributed by atoms with van der Waals surface area (Å²) in [5, 5.41) is 10.7. The number of likely N-dealkylation sites (tertiary alicyclic amines) is 2. The van der Waals surface area contributed by atoms with Crippen molar-refractivity contribution in [3.8, 4) is 0 Å². The van der Waals surface area contributed by atoms with E-state index in [0.29, 0.717) is 45.6 Å². The number of aliphatic hydroxyl groups is 1. The van der Waals surface area contributed by atoms with E-state index in [1.165, 1.54) is 0 Å². The van der Waals surface area contributed by atoms with Gasteiger partial charge in [0.25, 0.3) is 5.92 Å². The van der Waals surface area contributed by atoms with E-state index in [4.69, 9.17) is 0 Å². The fourth-order valence-electron chi connectivity index (χ4n) is 3.64. The number of imidazole rings is 1. The summed E-state index contributed by atoms with van der Waals surface area (Å²) in [5.74, 6) is -2.53. The molecule has 25 heavy (non-hydrogen) atoms. The third-order valence-corrected chi connectivity index (χ3v) is 5.16. The Balaban J connectivity index is 1.41. The molecule has 1 aromatic rings. The SMILES string of the molecule is O=C(CCCn1ccnc1)N1CC[C@](O)(CN2CCC(F)(F)CC2)C1. The molecule has 140 valence electrons. The normalized spacial score (nSPS) is 26.9. The molecule has 0 spiro atoms. The lowest BCUT2D eigenvalue weighted by Crippen LogP contribution is -2.49. The minimum Gasteiger partial charge on any atom is -0.387 e. The van der Waals surface area contributed by atoms with Crippen LogP contribution in [0.2, 0.25) is 0 Å². The zero-order valence-electron chi connectivity index (χ0n) is 14.4. The third kappa shape index (κ3) is 4.98. The van der Waals surface area contributed by atoms with Crippen LogP contribution in [-0.2, 0) is 11.3 Å². The lowest BCUT2D eigenvalue weighted by molar-refractivity contribution is -0.131. The van der Waals surface area contributed by atoms with Gasteiger partial charge in [-0.05, 0) is 12.8 Å². The molecule has 8 heteroatoms. The van der Waals surface area contributed by atoms with E-state index in [0.717, 1.165) is 13.0 Å². The predicted molar refractivity (Wildman–Crippen MR) is 88.2 cm³/mol. The summed E-state index contributed by atoms with van der Waals surface area (Å²) in [4.78, 5) is 19.9. The van der Waals surface area contributed by atoms with Gasteiger partial charge in [0, 0.05) is 64.4 Å². The first kappa shape index (κ1) is 18.3. The van der Waals surface area contributed by atoms with Gasteiger partial charge in [0.05, 0.1) is 18.5 Å². The van der Waals surface area contributed by atoms with Crippen molar-refractivity contribution in [3.05, 3.63) is 18.7 Å². The first-order valence-corrected chi connectivity index (χ1v) is 8.91. The van der Waals surface area contributed by atoms with Gasteiger partial charge < -0.3 is 14.6 Å². The van der Waals surface area contributed by atoms with Gasteiger partial charge in [0.2, 0.25) is 5.91 Å². The Labute approximate surface area is 146 Å². The van der Waals surface area contributed by atoms with E-state index in [9.17, 15) is 18.7 Å². The maximum Gasteiger partial charge on any atom is 0.250 e. The first-order chi connectivity index (χ1) is 11.9. The van der Waals surface area contributed by atoms with Crippen molar-refractivity contribution in [1.82, 2.24) is 19.4 Å². The van der Waals surface area contributed by atoms with Crippen LogP contribution < -0.4 is 0 Å². The van der Waals surface area contributed by atoms with Crippen molar-refractivity contribution in [2.75, 3.05) is 32.7 Å². The lowest BCUT2D eigenvalue weighted by atomic mass is 10.00. The van der Waals surface area contributed by atoms with Crippen molar-refractivity contribution < 1.29 is 18.7 Å². The Bertz CT molecular complexity index is 571. The highest BCUT2D eigenvalue weighted by molar-refractivity contribution is 5.76. The average Bonchev–Trinajstić information content (AvgIpc) is 3.20. The summed E-state index contributed by atoms with van der Waals surface area (Å²) in [6.45, 7) is 2.53. The molecule has 1 aromatic heterocycles. The highest BCUT2D eigenvalue weighted by Gasteiger charge is 2.41. The summed E-state index contributed by atoms with van der Waals surface area (Å²) in [6, 6.07) is 0. The zero-order chi connectivity index (χ0) is 17.9. The van der Waals surface area contributed by atoms with Gasteiger partial charge in [-0.25, -0.2) is 13.8 Å². The number of aromatic nitrogens is 2. The highest BCUT2D eigenvalue weighted by Crippen LogP contribution is 2.30. The smallest absolute Gasteiger partial charge is 0.250 e. The standard InChI is InChI=1S/C17H26F2N4O2/c18-17(19)4-8-21(9-5-17)12-16(25)3-10-23(13-16)15(24)2-1-7-22-11-6-20-14-22/h6,11,14,25H,1-5,7-10,12-13H2/t16-/m0/s1. The fourth-order valence-corrected chi connectivity index (χ4v) is 3.64. The number of aryl methyl sites for hydroxylation is 1. The van der Waals surface area contributed by atoms with Gasteiger partial charge in [-0.1, -0.05) is 0 Å². The van der Waals surface area contributed by atoms with Crippen LogP contribution in [0.5, 0.6) is 0 Å². The van der Waals surface area contributed by atoms with E-state index >= 15 is 0 Å². The Morgan fingerprint density at radius 2 is 1.96 bits per heavy atom. The number of hydrogen-bond acceptors (Lipinski definition) is 4. The van der Waals surface area contributed by atoms with E-state index in [1.807, 2.05) is 15.7 Å². The predicted octanol–water partition coefficient (Wildman–Crippen LogP) is 1.36. The van der Waals surface area contributed by atoms with Crippen LogP contribution in [-0.4, -0.2) is 74.6 Å². The number of β-amino-alcohol motifs (C(OH)–C–C–N with tert-alkyl or cyclic N) is 1. The summed E-state index contributed by atoms with van der Waals surface area (Å²) < 4.78 is 28.4. The molecule has 0 aliphatic carbocycles. The number of alkyl halides is 2. The van der Waals surface area contributed by atoms with Crippen LogP contribution in [0.1, 0.15) is 32.1 Å². The molecule has 6 nitrogen and oxygen atoms in total. The monoisotopic (exact) mass is 356 g/mol. The van der Waals surface area contributed by atoms with Gasteiger partial charge in [-0.2, -0.15) is 0 Å². The Hall–Kier alpha value is -1.54. The molecule has 1 N–H and O–H groups in total. The van der Waals surface area contributed by atoms with Crippen LogP contribution in [0.3, 0.4) is 0 Å². The van der Waals surface area contributed by atoms with Crippen molar-refractivity contribution >= 4 is 5.91 Å². The molecule has 2 saturated heterocycles. The molecule has 0 radical (unpaired) electrons. The third-order valence-electron chi connectivity index (χ3n) is 5.16. The number of carbonyl (C=O) groups excluding carboxylic acids is 1.